The number of rotatable bonds is 4. The van der Waals surface area contributed by atoms with Gasteiger partial charge < -0.3 is 4.90 Å². The van der Waals surface area contributed by atoms with Gasteiger partial charge in [0.15, 0.2) is 0 Å². The maximum absolute atomic E-state index is 4.73. The number of hydrogen-bond donors (Lipinski definition) is 0. The average Bonchev–Trinajstić information content (AvgIpc) is 1.83. The summed E-state index contributed by atoms with van der Waals surface area (Å²) < 4.78 is 0. The Balaban J connectivity index is 3.16. The second kappa shape index (κ2) is 4.74. The molecule has 0 radical (unpaired) electrons. The van der Waals surface area contributed by atoms with Gasteiger partial charge in [0.05, 0.1) is 5.49 Å². The minimum absolute atomic E-state index is 0.780. The van der Waals surface area contributed by atoms with E-state index in [0.29, 0.717) is 0 Å². The molecular weight excluding hydrogens is 130 g/mol. The van der Waals surface area contributed by atoms with Gasteiger partial charge in [-0.2, -0.15) is 0 Å². The SMILES string of the molecule is CC(C)CCN(C)C=S. The molecule has 0 fully saturated rings. The predicted octanol–water partition coefficient (Wildman–Crippen LogP) is 1.92. The Labute approximate surface area is 63.0 Å². The van der Waals surface area contributed by atoms with Gasteiger partial charge in [0.25, 0.3) is 0 Å². The third-order valence-electron chi connectivity index (χ3n) is 1.24. The first-order valence-corrected chi connectivity index (χ1v) is 3.79. The Bertz CT molecular complexity index is 81.0. The molecule has 54 valence electrons. The molecule has 0 atom stereocenters. The van der Waals surface area contributed by atoms with Crippen LogP contribution in [0.1, 0.15) is 20.3 Å². The Hall–Kier alpha value is -0.110. The van der Waals surface area contributed by atoms with E-state index >= 15 is 0 Å². The molecular formula is C7H15NS. The summed E-state index contributed by atoms with van der Waals surface area (Å²) in [6, 6.07) is 0. The maximum Gasteiger partial charge on any atom is 0.0638 e. The van der Waals surface area contributed by atoms with Gasteiger partial charge in [-0.25, -0.2) is 0 Å². The summed E-state index contributed by atoms with van der Waals surface area (Å²) >= 11 is 4.73. The van der Waals surface area contributed by atoms with E-state index in [1.165, 1.54) is 6.42 Å². The first kappa shape index (κ1) is 8.89. The lowest BCUT2D eigenvalue weighted by Gasteiger charge is -2.12. The molecule has 0 spiro atoms. The van der Waals surface area contributed by atoms with Crippen LogP contribution in [0.5, 0.6) is 0 Å². The van der Waals surface area contributed by atoms with E-state index in [2.05, 4.69) is 13.8 Å². The van der Waals surface area contributed by atoms with Crippen LogP contribution in [0, 0.1) is 5.92 Å². The van der Waals surface area contributed by atoms with Gasteiger partial charge in [-0.3, -0.25) is 0 Å². The first-order chi connectivity index (χ1) is 4.16. The van der Waals surface area contributed by atoms with Crippen LogP contribution in [0.4, 0.5) is 0 Å². The molecule has 1 nitrogen and oxygen atoms in total. The zero-order valence-corrected chi connectivity index (χ0v) is 7.24. The largest absolute Gasteiger partial charge is 0.372 e. The summed E-state index contributed by atoms with van der Waals surface area (Å²) in [6.45, 7) is 5.52. The van der Waals surface area contributed by atoms with E-state index in [-0.39, 0.29) is 0 Å². The molecule has 0 unspecified atom stereocenters. The molecule has 0 bridgehead atoms. The molecule has 0 amide bonds. The van der Waals surface area contributed by atoms with Crippen molar-refractivity contribution >= 4 is 17.7 Å². The first-order valence-electron chi connectivity index (χ1n) is 3.32. The molecule has 0 aromatic heterocycles. The second-order valence-corrected chi connectivity index (χ2v) is 2.98. The van der Waals surface area contributed by atoms with Crippen LogP contribution in [0.2, 0.25) is 0 Å². The van der Waals surface area contributed by atoms with Crippen LogP contribution in [-0.2, 0) is 0 Å². The molecule has 0 rings (SSSR count). The molecule has 9 heavy (non-hydrogen) atoms. The van der Waals surface area contributed by atoms with Crippen LogP contribution >= 0.6 is 12.2 Å². The summed E-state index contributed by atoms with van der Waals surface area (Å²) in [4.78, 5) is 2.04. The molecule has 0 aliphatic heterocycles. The standard InChI is InChI=1S/C7H15NS/c1-7(2)4-5-8(3)6-9/h6-7H,4-5H2,1-3H3. The van der Waals surface area contributed by atoms with Crippen molar-refractivity contribution in [2.45, 2.75) is 20.3 Å². The molecule has 0 saturated carbocycles. The van der Waals surface area contributed by atoms with Crippen molar-refractivity contribution < 1.29 is 0 Å². The van der Waals surface area contributed by atoms with Crippen molar-refractivity contribution in [3.8, 4) is 0 Å². The number of nitrogens with zero attached hydrogens (tertiary/aromatic N) is 1. The van der Waals surface area contributed by atoms with E-state index in [9.17, 15) is 0 Å². The number of thiocarbonyl (C=S) groups is 1. The summed E-state index contributed by atoms with van der Waals surface area (Å²) in [5.41, 5.74) is 1.70. The predicted molar refractivity (Wildman–Crippen MR) is 45.7 cm³/mol. The quantitative estimate of drug-likeness (QED) is 0.556. The van der Waals surface area contributed by atoms with Gasteiger partial charge in [0, 0.05) is 13.6 Å². The molecule has 0 N–H and O–H groups in total. The molecule has 0 aliphatic rings. The van der Waals surface area contributed by atoms with E-state index in [4.69, 9.17) is 12.2 Å². The fourth-order valence-corrected chi connectivity index (χ4v) is 0.620. The lowest BCUT2D eigenvalue weighted by atomic mass is 10.1. The van der Waals surface area contributed by atoms with Crippen molar-refractivity contribution in [3.05, 3.63) is 0 Å². The minimum atomic E-state index is 0.780. The van der Waals surface area contributed by atoms with Crippen molar-refractivity contribution in [2.24, 2.45) is 5.92 Å². The second-order valence-electron chi connectivity index (χ2n) is 2.77. The Kier molecular flexibility index (Phi) is 4.68. The lowest BCUT2D eigenvalue weighted by Crippen LogP contribution is -2.17. The van der Waals surface area contributed by atoms with Gasteiger partial charge in [-0.05, 0) is 12.3 Å². The topological polar surface area (TPSA) is 3.24 Å². The van der Waals surface area contributed by atoms with Crippen LogP contribution in [0.15, 0.2) is 0 Å². The normalized spacial score (nSPS) is 9.78. The summed E-state index contributed by atoms with van der Waals surface area (Å²) in [5, 5.41) is 0. The van der Waals surface area contributed by atoms with Gasteiger partial charge in [-0.15, -0.1) is 0 Å². The van der Waals surface area contributed by atoms with Gasteiger partial charge in [0.2, 0.25) is 0 Å². The van der Waals surface area contributed by atoms with E-state index in [0.717, 1.165) is 12.5 Å². The summed E-state index contributed by atoms with van der Waals surface area (Å²) in [6.07, 6.45) is 1.23. The van der Waals surface area contributed by atoms with Gasteiger partial charge >= 0.3 is 0 Å². The minimum Gasteiger partial charge on any atom is -0.372 e. The molecule has 2 heteroatoms. The van der Waals surface area contributed by atoms with Crippen LogP contribution in [0.3, 0.4) is 0 Å². The van der Waals surface area contributed by atoms with E-state index < -0.39 is 0 Å². The zero-order chi connectivity index (χ0) is 7.28. The highest BCUT2D eigenvalue weighted by molar-refractivity contribution is 7.78. The Morgan fingerprint density at radius 3 is 2.44 bits per heavy atom. The summed E-state index contributed by atoms with van der Waals surface area (Å²) in [5.74, 6) is 0.780. The van der Waals surface area contributed by atoms with E-state index in [1.807, 2.05) is 11.9 Å². The smallest absolute Gasteiger partial charge is 0.0638 e. The molecule has 0 saturated heterocycles. The third-order valence-corrected chi connectivity index (χ3v) is 1.60. The van der Waals surface area contributed by atoms with Gasteiger partial charge in [-0.1, -0.05) is 26.1 Å². The average molecular weight is 145 g/mol. The van der Waals surface area contributed by atoms with Gasteiger partial charge in [0.1, 0.15) is 0 Å². The van der Waals surface area contributed by atoms with Crippen molar-refractivity contribution in [2.75, 3.05) is 13.6 Å². The highest BCUT2D eigenvalue weighted by Gasteiger charge is 1.94. The fraction of sp³-hybridized carbons (Fsp3) is 0.857. The van der Waals surface area contributed by atoms with Crippen LogP contribution in [0.25, 0.3) is 0 Å². The van der Waals surface area contributed by atoms with E-state index in [1.54, 1.807) is 5.49 Å². The monoisotopic (exact) mass is 145 g/mol. The molecule has 0 aliphatic carbocycles. The molecule has 0 heterocycles. The lowest BCUT2D eigenvalue weighted by molar-refractivity contribution is 0.450. The van der Waals surface area contributed by atoms with Crippen molar-refractivity contribution in [1.82, 2.24) is 4.90 Å². The van der Waals surface area contributed by atoms with Crippen molar-refractivity contribution in [3.63, 3.8) is 0 Å². The molecule has 0 aromatic carbocycles. The van der Waals surface area contributed by atoms with Crippen LogP contribution < -0.4 is 0 Å². The Morgan fingerprint density at radius 1 is 1.56 bits per heavy atom. The highest BCUT2D eigenvalue weighted by Crippen LogP contribution is 1.98. The number of hydrogen-bond acceptors (Lipinski definition) is 1. The zero-order valence-electron chi connectivity index (χ0n) is 6.42. The fourth-order valence-electron chi connectivity index (χ4n) is 0.515. The third kappa shape index (κ3) is 5.77. The van der Waals surface area contributed by atoms with Crippen LogP contribution in [-0.4, -0.2) is 24.0 Å². The summed E-state index contributed by atoms with van der Waals surface area (Å²) in [7, 11) is 2.01. The van der Waals surface area contributed by atoms with Crippen molar-refractivity contribution in [1.29, 1.82) is 0 Å². The maximum atomic E-state index is 4.73. The Morgan fingerprint density at radius 2 is 2.11 bits per heavy atom. The highest BCUT2D eigenvalue weighted by atomic mass is 32.1. The molecule has 0 aromatic rings.